The molecule has 0 fully saturated rings. The van der Waals surface area contributed by atoms with Crippen LogP contribution < -0.4 is 0 Å². The van der Waals surface area contributed by atoms with E-state index in [4.69, 9.17) is 5.11 Å². The Morgan fingerprint density at radius 3 is 2.73 bits per heavy atom. The van der Waals surface area contributed by atoms with Crippen LogP contribution >= 0.6 is 15.9 Å². The van der Waals surface area contributed by atoms with Crippen LogP contribution in [0.2, 0.25) is 0 Å². The van der Waals surface area contributed by atoms with Crippen molar-refractivity contribution in [2.75, 3.05) is 6.61 Å². The SMILES string of the molecule is C=C(C)C(CO)Cc1c(F)cccc1Br. The number of aliphatic hydroxyl groups excluding tert-OH is 1. The minimum Gasteiger partial charge on any atom is -0.396 e. The zero-order chi connectivity index (χ0) is 11.4. The molecular formula is C12H14BrFO. The molecule has 0 aliphatic rings. The summed E-state index contributed by atoms with van der Waals surface area (Å²) < 4.78 is 14.2. The van der Waals surface area contributed by atoms with Crippen molar-refractivity contribution in [3.63, 3.8) is 0 Å². The molecule has 0 aliphatic heterocycles. The Morgan fingerprint density at radius 2 is 2.27 bits per heavy atom. The van der Waals surface area contributed by atoms with E-state index in [2.05, 4.69) is 22.5 Å². The summed E-state index contributed by atoms with van der Waals surface area (Å²) in [6, 6.07) is 4.87. The quantitative estimate of drug-likeness (QED) is 0.834. The van der Waals surface area contributed by atoms with Crippen molar-refractivity contribution in [3.05, 3.63) is 46.2 Å². The maximum absolute atomic E-state index is 13.5. The molecule has 1 aromatic rings. The zero-order valence-corrected chi connectivity index (χ0v) is 10.2. The molecule has 0 aliphatic carbocycles. The summed E-state index contributed by atoms with van der Waals surface area (Å²) in [6.07, 6.45) is 0.471. The number of hydrogen-bond acceptors (Lipinski definition) is 1. The third-order valence-corrected chi connectivity index (χ3v) is 3.17. The fourth-order valence-electron chi connectivity index (χ4n) is 1.37. The Hall–Kier alpha value is -0.670. The molecule has 1 atom stereocenters. The Bertz CT molecular complexity index is 342. The van der Waals surface area contributed by atoms with Crippen LogP contribution in [-0.2, 0) is 6.42 Å². The minimum absolute atomic E-state index is 0.00386. The first-order valence-electron chi connectivity index (χ1n) is 4.75. The van der Waals surface area contributed by atoms with Gasteiger partial charge in [0.1, 0.15) is 5.82 Å². The smallest absolute Gasteiger partial charge is 0.127 e. The molecule has 3 heteroatoms. The van der Waals surface area contributed by atoms with Crippen LogP contribution in [0.1, 0.15) is 12.5 Å². The Balaban J connectivity index is 2.92. The molecule has 82 valence electrons. The van der Waals surface area contributed by atoms with Crippen LogP contribution in [0.4, 0.5) is 4.39 Å². The average molecular weight is 273 g/mol. The molecule has 0 spiro atoms. The van der Waals surface area contributed by atoms with E-state index in [1.165, 1.54) is 6.07 Å². The number of rotatable bonds is 4. The second kappa shape index (κ2) is 5.42. The van der Waals surface area contributed by atoms with E-state index in [1.54, 1.807) is 12.1 Å². The van der Waals surface area contributed by atoms with Gasteiger partial charge in [0.2, 0.25) is 0 Å². The van der Waals surface area contributed by atoms with Gasteiger partial charge in [-0.25, -0.2) is 4.39 Å². The number of hydrogen-bond donors (Lipinski definition) is 1. The van der Waals surface area contributed by atoms with Crippen LogP contribution in [0.3, 0.4) is 0 Å². The van der Waals surface area contributed by atoms with Gasteiger partial charge in [-0.15, -0.1) is 0 Å². The highest BCUT2D eigenvalue weighted by atomic mass is 79.9. The van der Waals surface area contributed by atoms with E-state index in [0.717, 1.165) is 10.0 Å². The molecule has 0 amide bonds. The van der Waals surface area contributed by atoms with E-state index >= 15 is 0 Å². The topological polar surface area (TPSA) is 20.2 Å². The molecule has 1 nitrogen and oxygen atoms in total. The van der Waals surface area contributed by atoms with Crippen molar-refractivity contribution in [2.45, 2.75) is 13.3 Å². The molecule has 1 aromatic carbocycles. The van der Waals surface area contributed by atoms with Gasteiger partial charge < -0.3 is 5.11 Å². The molecule has 0 heterocycles. The van der Waals surface area contributed by atoms with E-state index < -0.39 is 0 Å². The summed E-state index contributed by atoms with van der Waals surface area (Å²) >= 11 is 3.30. The van der Waals surface area contributed by atoms with Gasteiger partial charge in [-0.2, -0.15) is 0 Å². The van der Waals surface area contributed by atoms with E-state index in [9.17, 15) is 4.39 Å². The highest BCUT2D eigenvalue weighted by Gasteiger charge is 2.14. The van der Waals surface area contributed by atoms with Crippen molar-refractivity contribution in [1.82, 2.24) is 0 Å². The summed E-state index contributed by atoms with van der Waals surface area (Å²) in [5, 5.41) is 9.14. The maximum Gasteiger partial charge on any atom is 0.127 e. The summed E-state index contributed by atoms with van der Waals surface area (Å²) in [5.41, 5.74) is 1.47. The Morgan fingerprint density at radius 1 is 1.60 bits per heavy atom. The number of benzene rings is 1. The molecule has 1 rings (SSSR count). The van der Waals surface area contributed by atoms with E-state index in [1.807, 2.05) is 6.92 Å². The van der Waals surface area contributed by atoms with Gasteiger partial charge in [0.05, 0.1) is 0 Å². The number of halogens is 2. The summed E-state index contributed by atoms with van der Waals surface area (Å²) in [5.74, 6) is -0.331. The molecule has 15 heavy (non-hydrogen) atoms. The first-order valence-corrected chi connectivity index (χ1v) is 5.54. The summed E-state index contributed by atoms with van der Waals surface area (Å²) in [6.45, 7) is 5.62. The second-order valence-corrected chi connectivity index (χ2v) is 4.48. The molecule has 1 unspecified atom stereocenters. The second-order valence-electron chi connectivity index (χ2n) is 3.63. The molecule has 0 radical (unpaired) electrons. The van der Waals surface area contributed by atoms with Gasteiger partial charge in [0.25, 0.3) is 0 Å². The highest BCUT2D eigenvalue weighted by molar-refractivity contribution is 9.10. The molecule has 0 saturated carbocycles. The summed E-state index contributed by atoms with van der Waals surface area (Å²) in [7, 11) is 0. The van der Waals surface area contributed by atoms with Crippen LogP contribution in [-0.4, -0.2) is 11.7 Å². The van der Waals surface area contributed by atoms with Gasteiger partial charge in [-0.05, 0) is 25.5 Å². The third-order valence-electron chi connectivity index (χ3n) is 2.43. The van der Waals surface area contributed by atoms with Crippen LogP contribution in [0, 0.1) is 11.7 Å². The predicted molar refractivity (Wildman–Crippen MR) is 63.2 cm³/mol. The van der Waals surface area contributed by atoms with Gasteiger partial charge in [-0.3, -0.25) is 0 Å². The Labute approximate surface area is 97.8 Å². The average Bonchev–Trinajstić information content (AvgIpc) is 2.17. The molecule has 0 saturated heterocycles. The first kappa shape index (κ1) is 12.4. The fourth-order valence-corrected chi connectivity index (χ4v) is 1.87. The van der Waals surface area contributed by atoms with Crippen LogP contribution in [0.25, 0.3) is 0 Å². The van der Waals surface area contributed by atoms with Crippen molar-refractivity contribution < 1.29 is 9.50 Å². The van der Waals surface area contributed by atoms with Crippen molar-refractivity contribution in [1.29, 1.82) is 0 Å². The molecule has 0 aromatic heterocycles. The van der Waals surface area contributed by atoms with Crippen LogP contribution in [0.5, 0.6) is 0 Å². The lowest BCUT2D eigenvalue weighted by Gasteiger charge is -2.15. The molecule has 0 bridgehead atoms. The summed E-state index contributed by atoms with van der Waals surface area (Å²) in [4.78, 5) is 0. The Kier molecular flexibility index (Phi) is 4.48. The van der Waals surface area contributed by atoms with E-state index in [0.29, 0.717) is 12.0 Å². The predicted octanol–water partition coefficient (Wildman–Crippen LogP) is 3.32. The van der Waals surface area contributed by atoms with Crippen LogP contribution in [0.15, 0.2) is 34.8 Å². The lowest BCUT2D eigenvalue weighted by atomic mass is 9.94. The minimum atomic E-state index is -0.246. The number of aliphatic hydroxyl groups is 1. The van der Waals surface area contributed by atoms with Gasteiger partial charge in [0, 0.05) is 22.6 Å². The molecular weight excluding hydrogens is 259 g/mol. The van der Waals surface area contributed by atoms with Crippen molar-refractivity contribution in [3.8, 4) is 0 Å². The van der Waals surface area contributed by atoms with Gasteiger partial charge >= 0.3 is 0 Å². The van der Waals surface area contributed by atoms with Crippen molar-refractivity contribution >= 4 is 15.9 Å². The maximum atomic E-state index is 13.5. The monoisotopic (exact) mass is 272 g/mol. The van der Waals surface area contributed by atoms with E-state index in [-0.39, 0.29) is 18.3 Å². The largest absolute Gasteiger partial charge is 0.396 e. The third kappa shape index (κ3) is 3.14. The lowest BCUT2D eigenvalue weighted by Crippen LogP contribution is -2.12. The fraction of sp³-hybridized carbons (Fsp3) is 0.333. The van der Waals surface area contributed by atoms with Gasteiger partial charge in [-0.1, -0.05) is 34.1 Å². The normalized spacial score (nSPS) is 12.5. The first-order chi connectivity index (χ1) is 7.06. The lowest BCUT2D eigenvalue weighted by molar-refractivity contribution is 0.245. The van der Waals surface area contributed by atoms with Crippen molar-refractivity contribution in [2.24, 2.45) is 5.92 Å². The molecule has 1 N–H and O–H groups in total. The zero-order valence-electron chi connectivity index (χ0n) is 8.63. The van der Waals surface area contributed by atoms with Gasteiger partial charge in [0.15, 0.2) is 0 Å². The highest BCUT2D eigenvalue weighted by Crippen LogP contribution is 2.24. The standard InChI is InChI=1S/C12H14BrFO/c1-8(2)9(7-15)6-10-11(13)4-3-5-12(10)14/h3-5,9,15H,1,6-7H2,2H3.